The van der Waals surface area contributed by atoms with Gasteiger partial charge >= 0.3 is 0 Å². The molecule has 7 nitrogen and oxygen atoms in total. The molecule has 1 fully saturated rings. The molecule has 1 amide bonds. The third-order valence-corrected chi connectivity index (χ3v) is 4.75. The molecule has 1 aromatic carbocycles. The van der Waals surface area contributed by atoms with Gasteiger partial charge in [0.15, 0.2) is 0 Å². The molecule has 27 heavy (non-hydrogen) atoms. The molecule has 1 unspecified atom stereocenters. The minimum absolute atomic E-state index is 0.0920. The molecule has 3 aromatic rings. The number of nitrogens with one attached hydrogen (secondary N) is 1. The average molecular weight is 384 g/mol. The van der Waals surface area contributed by atoms with Gasteiger partial charge in [0.05, 0.1) is 17.6 Å². The van der Waals surface area contributed by atoms with Gasteiger partial charge in [-0.3, -0.25) is 14.9 Å². The van der Waals surface area contributed by atoms with Gasteiger partial charge in [-0.25, -0.2) is 4.98 Å². The highest BCUT2D eigenvalue weighted by Crippen LogP contribution is 2.27. The zero-order valence-corrected chi connectivity index (χ0v) is 15.3. The van der Waals surface area contributed by atoms with Gasteiger partial charge in [0.2, 0.25) is 0 Å². The van der Waals surface area contributed by atoms with Crippen molar-refractivity contribution in [3.63, 3.8) is 0 Å². The lowest BCUT2D eigenvalue weighted by molar-refractivity contribution is 0.0784. The largest absolute Gasteiger partial charge is 0.487 e. The number of hydrogen-bond donors (Lipinski definition) is 1. The van der Waals surface area contributed by atoms with Crippen molar-refractivity contribution in [1.29, 1.82) is 0 Å². The van der Waals surface area contributed by atoms with E-state index in [0.717, 1.165) is 17.8 Å². The second-order valence-electron chi connectivity index (χ2n) is 6.39. The minimum Gasteiger partial charge on any atom is -0.487 e. The summed E-state index contributed by atoms with van der Waals surface area (Å²) in [7, 11) is 0. The van der Waals surface area contributed by atoms with Crippen LogP contribution in [0, 0.1) is 0 Å². The maximum Gasteiger partial charge on any atom is 0.274 e. The summed E-state index contributed by atoms with van der Waals surface area (Å²) in [5.74, 6) is 0.813. The zero-order valence-electron chi connectivity index (χ0n) is 14.5. The molecule has 3 heterocycles. The number of H-pyrrole nitrogens is 1. The number of amides is 1. The molecule has 1 N–H and O–H groups in total. The van der Waals surface area contributed by atoms with Crippen LogP contribution < -0.4 is 4.74 Å². The molecule has 8 heteroatoms. The predicted molar refractivity (Wildman–Crippen MR) is 99.7 cm³/mol. The van der Waals surface area contributed by atoms with Crippen LogP contribution in [0.25, 0.3) is 0 Å². The number of carbonyl (C=O) groups excluding carboxylic acids is 1. The maximum atomic E-state index is 12.5. The Morgan fingerprint density at radius 1 is 1.33 bits per heavy atom. The summed E-state index contributed by atoms with van der Waals surface area (Å²) >= 11 is 5.96. The lowest BCUT2D eigenvalue weighted by Crippen LogP contribution is -2.29. The fourth-order valence-corrected chi connectivity index (χ4v) is 3.32. The summed E-state index contributed by atoms with van der Waals surface area (Å²) < 4.78 is 5.73. The van der Waals surface area contributed by atoms with Gasteiger partial charge in [0.1, 0.15) is 18.1 Å². The van der Waals surface area contributed by atoms with Crippen molar-refractivity contribution in [2.45, 2.75) is 18.9 Å². The molecule has 0 aliphatic carbocycles. The number of nitrogens with zero attached hydrogens (tertiary/aromatic N) is 4. The van der Waals surface area contributed by atoms with Crippen molar-refractivity contribution in [3.8, 4) is 5.75 Å². The van der Waals surface area contributed by atoms with Crippen LogP contribution in [0.2, 0.25) is 5.02 Å². The second-order valence-corrected chi connectivity index (χ2v) is 6.83. The van der Waals surface area contributed by atoms with Crippen LogP contribution in [0.5, 0.6) is 5.75 Å². The van der Waals surface area contributed by atoms with Crippen LogP contribution in [0.3, 0.4) is 0 Å². The lowest BCUT2D eigenvalue weighted by Gasteiger charge is -2.15. The van der Waals surface area contributed by atoms with Crippen LogP contribution in [0.4, 0.5) is 0 Å². The van der Waals surface area contributed by atoms with E-state index in [1.54, 1.807) is 23.2 Å². The van der Waals surface area contributed by atoms with Crippen molar-refractivity contribution in [2.75, 3.05) is 13.1 Å². The molecule has 1 aliphatic heterocycles. The molecular weight excluding hydrogens is 366 g/mol. The normalized spacial score (nSPS) is 16.5. The van der Waals surface area contributed by atoms with E-state index in [2.05, 4.69) is 20.2 Å². The van der Waals surface area contributed by atoms with Crippen LogP contribution >= 0.6 is 11.6 Å². The first kappa shape index (κ1) is 17.5. The predicted octanol–water partition coefficient (Wildman–Crippen LogP) is 3.06. The summed E-state index contributed by atoms with van der Waals surface area (Å²) in [4.78, 5) is 22.3. The van der Waals surface area contributed by atoms with Crippen molar-refractivity contribution >= 4 is 17.5 Å². The monoisotopic (exact) mass is 383 g/mol. The smallest absolute Gasteiger partial charge is 0.274 e. The number of halogens is 1. The van der Waals surface area contributed by atoms with Crippen molar-refractivity contribution in [2.24, 2.45) is 0 Å². The topological polar surface area (TPSA) is 84.0 Å². The van der Waals surface area contributed by atoms with E-state index in [0.29, 0.717) is 36.2 Å². The Labute approximate surface area is 161 Å². The van der Waals surface area contributed by atoms with Crippen molar-refractivity contribution in [3.05, 3.63) is 71.0 Å². The van der Waals surface area contributed by atoms with E-state index < -0.39 is 0 Å². The van der Waals surface area contributed by atoms with Gasteiger partial charge in [-0.1, -0.05) is 17.7 Å². The van der Waals surface area contributed by atoms with E-state index in [1.165, 1.54) is 12.4 Å². The van der Waals surface area contributed by atoms with E-state index in [-0.39, 0.29) is 11.8 Å². The highest BCUT2D eigenvalue weighted by Gasteiger charge is 2.30. The molecule has 0 bridgehead atoms. The standard InChI is InChI=1S/C19H18ClN5O2/c20-14-2-1-3-16(8-14)27-12-15-9-17(24-23-15)13-4-7-25(11-13)19(26)18-10-21-5-6-22-18/h1-3,5-6,8-10,13H,4,7,11-12H2,(H,23,24). The van der Waals surface area contributed by atoms with E-state index in [9.17, 15) is 4.79 Å². The third-order valence-electron chi connectivity index (χ3n) is 4.52. The number of likely N-dealkylation sites (tertiary alicyclic amines) is 1. The molecule has 2 aromatic heterocycles. The first-order valence-electron chi connectivity index (χ1n) is 8.67. The van der Waals surface area contributed by atoms with Gasteiger partial charge in [-0.15, -0.1) is 0 Å². The number of carbonyl (C=O) groups is 1. The van der Waals surface area contributed by atoms with Gasteiger partial charge in [-0.2, -0.15) is 5.10 Å². The summed E-state index contributed by atoms with van der Waals surface area (Å²) in [5.41, 5.74) is 2.19. The Bertz CT molecular complexity index is 931. The SMILES string of the molecule is O=C(c1cnccn1)N1CCC(c2cc(COc3cccc(Cl)c3)[nH]n2)C1. The van der Waals surface area contributed by atoms with E-state index in [1.807, 2.05) is 18.2 Å². The van der Waals surface area contributed by atoms with Crippen molar-refractivity contribution < 1.29 is 9.53 Å². The van der Waals surface area contributed by atoms with Crippen LogP contribution in [-0.2, 0) is 6.61 Å². The Balaban J connectivity index is 1.36. The molecule has 4 rings (SSSR count). The quantitative estimate of drug-likeness (QED) is 0.732. The first-order chi connectivity index (χ1) is 13.2. The second kappa shape index (κ2) is 7.75. The molecule has 1 aliphatic rings. The number of ether oxygens (including phenoxy) is 1. The molecular formula is C19H18ClN5O2. The van der Waals surface area contributed by atoms with Gasteiger partial charge in [0.25, 0.3) is 5.91 Å². The molecule has 1 atom stereocenters. The Morgan fingerprint density at radius 3 is 3.07 bits per heavy atom. The number of hydrogen-bond acceptors (Lipinski definition) is 5. The maximum absolute atomic E-state index is 12.5. The summed E-state index contributed by atoms with van der Waals surface area (Å²) in [5, 5.41) is 8.04. The minimum atomic E-state index is -0.0920. The van der Waals surface area contributed by atoms with Crippen LogP contribution in [-0.4, -0.2) is 44.1 Å². The first-order valence-corrected chi connectivity index (χ1v) is 9.04. The Hall–Kier alpha value is -2.93. The third kappa shape index (κ3) is 4.09. The lowest BCUT2D eigenvalue weighted by atomic mass is 10.1. The summed E-state index contributed by atoms with van der Waals surface area (Å²) in [6.07, 6.45) is 5.45. The zero-order chi connectivity index (χ0) is 18.6. The van der Waals surface area contributed by atoms with Crippen LogP contribution in [0.15, 0.2) is 48.9 Å². The number of aromatic nitrogens is 4. The highest BCUT2D eigenvalue weighted by atomic mass is 35.5. The summed E-state index contributed by atoms with van der Waals surface area (Å²) in [6.45, 7) is 1.68. The van der Waals surface area contributed by atoms with E-state index >= 15 is 0 Å². The van der Waals surface area contributed by atoms with Crippen LogP contribution in [0.1, 0.15) is 34.2 Å². The molecule has 1 saturated heterocycles. The Kier molecular flexibility index (Phi) is 5.02. The molecule has 0 saturated carbocycles. The van der Waals surface area contributed by atoms with Gasteiger partial charge in [0, 0.05) is 36.4 Å². The fourth-order valence-electron chi connectivity index (χ4n) is 3.14. The number of benzene rings is 1. The average Bonchev–Trinajstić information content (AvgIpc) is 3.36. The fraction of sp³-hybridized carbons (Fsp3) is 0.263. The number of aromatic amines is 1. The van der Waals surface area contributed by atoms with E-state index in [4.69, 9.17) is 16.3 Å². The molecule has 138 valence electrons. The Morgan fingerprint density at radius 2 is 2.26 bits per heavy atom. The van der Waals surface area contributed by atoms with Gasteiger partial charge in [-0.05, 0) is 30.7 Å². The summed E-state index contributed by atoms with van der Waals surface area (Å²) in [6, 6.07) is 9.27. The highest BCUT2D eigenvalue weighted by molar-refractivity contribution is 6.30. The molecule has 0 spiro atoms. The van der Waals surface area contributed by atoms with Gasteiger partial charge < -0.3 is 9.64 Å². The molecule has 0 radical (unpaired) electrons. The number of rotatable bonds is 5. The van der Waals surface area contributed by atoms with Crippen molar-refractivity contribution in [1.82, 2.24) is 25.1 Å².